The molecule has 1 fully saturated rings. The van der Waals surface area contributed by atoms with E-state index in [-0.39, 0.29) is 35.3 Å². The number of nitrogens with one attached hydrogen (secondary N) is 1. The van der Waals surface area contributed by atoms with Crippen molar-refractivity contribution in [1.82, 2.24) is 10.2 Å². The van der Waals surface area contributed by atoms with Gasteiger partial charge in [-0.1, -0.05) is 42.5 Å². The minimum Gasteiger partial charge on any atom is -0.493 e. The molecule has 0 bridgehead atoms. The Morgan fingerprint density at radius 2 is 1.56 bits per heavy atom. The van der Waals surface area contributed by atoms with Crippen LogP contribution in [0.25, 0.3) is 0 Å². The summed E-state index contributed by atoms with van der Waals surface area (Å²) in [6, 6.07) is 16.0. The van der Waals surface area contributed by atoms with Gasteiger partial charge in [0.15, 0.2) is 11.5 Å². The average Bonchev–Trinajstić information content (AvgIpc) is 3.40. The molecule has 0 radical (unpaired) electrons. The van der Waals surface area contributed by atoms with Gasteiger partial charge in [-0.15, -0.1) is 11.8 Å². The highest BCUT2D eigenvalue weighted by molar-refractivity contribution is 7.99. The number of alkyl halides is 3. The highest BCUT2D eigenvalue weighted by Crippen LogP contribution is 2.45. The lowest BCUT2D eigenvalue weighted by Gasteiger charge is -2.29. The number of nitrogens with zero attached hydrogens (tertiary/aromatic N) is 1. The van der Waals surface area contributed by atoms with Crippen LogP contribution in [0.3, 0.4) is 0 Å². The first kappa shape index (κ1) is 28.2. The van der Waals surface area contributed by atoms with E-state index in [1.807, 2.05) is 30.3 Å². The van der Waals surface area contributed by atoms with Gasteiger partial charge < -0.3 is 24.4 Å². The van der Waals surface area contributed by atoms with Crippen LogP contribution in [-0.2, 0) is 17.5 Å². The first-order valence-electron chi connectivity index (χ1n) is 11.9. The Balaban J connectivity index is 1.70. The molecule has 3 aromatic rings. The maximum absolute atomic E-state index is 14.0. The fraction of sp³-hybridized carbons (Fsp3) is 0.286. The van der Waals surface area contributed by atoms with Gasteiger partial charge in [0, 0.05) is 17.9 Å². The number of thioether (sulfide) groups is 1. The largest absolute Gasteiger partial charge is 0.493 e. The Morgan fingerprint density at radius 1 is 0.949 bits per heavy atom. The van der Waals surface area contributed by atoms with Crippen molar-refractivity contribution in [2.75, 3.05) is 27.1 Å². The van der Waals surface area contributed by atoms with Gasteiger partial charge in [0.05, 0.1) is 26.9 Å². The molecule has 3 aromatic carbocycles. The van der Waals surface area contributed by atoms with E-state index in [2.05, 4.69) is 5.32 Å². The number of hydrogen-bond donors (Lipinski definition) is 1. The summed E-state index contributed by atoms with van der Waals surface area (Å²) in [5.41, 5.74) is 0.726. The molecule has 2 amide bonds. The van der Waals surface area contributed by atoms with Crippen LogP contribution >= 0.6 is 11.8 Å². The highest BCUT2D eigenvalue weighted by Gasteiger charge is 2.43. The number of carbonyl (C=O) groups excluding carboxylic acids is 2. The van der Waals surface area contributed by atoms with Gasteiger partial charge in [0.2, 0.25) is 11.7 Å². The van der Waals surface area contributed by atoms with Crippen LogP contribution in [0.5, 0.6) is 17.2 Å². The van der Waals surface area contributed by atoms with Crippen molar-refractivity contribution in [1.29, 1.82) is 0 Å². The summed E-state index contributed by atoms with van der Waals surface area (Å²) in [5, 5.41) is 2.17. The Hall–Kier alpha value is -3.86. The van der Waals surface area contributed by atoms with Gasteiger partial charge in [-0.2, -0.15) is 13.2 Å². The molecule has 2 unspecified atom stereocenters. The van der Waals surface area contributed by atoms with Crippen molar-refractivity contribution in [2.24, 2.45) is 0 Å². The van der Waals surface area contributed by atoms with E-state index >= 15 is 0 Å². The molecule has 1 aliphatic rings. The first-order chi connectivity index (χ1) is 18.7. The number of amides is 2. The van der Waals surface area contributed by atoms with E-state index in [0.717, 1.165) is 17.7 Å². The Labute approximate surface area is 228 Å². The maximum Gasteiger partial charge on any atom is 0.416 e. The van der Waals surface area contributed by atoms with Crippen LogP contribution in [0.1, 0.15) is 32.4 Å². The normalized spacial score (nSPS) is 17.0. The molecule has 0 saturated carbocycles. The summed E-state index contributed by atoms with van der Waals surface area (Å²) in [6.45, 7) is 0.262. The molecule has 39 heavy (non-hydrogen) atoms. The predicted molar refractivity (Wildman–Crippen MR) is 141 cm³/mol. The number of halogens is 3. The summed E-state index contributed by atoms with van der Waals surface area (Å²) < 4.78 is 55.6. The molecule has 206 valence electrons. The smallest absolute Gasteiger partial charge is 0.416 e. The van der Waals surface area contributed by atoms with Crippen LogP contribution in [-0.4, -0.2) is 49.8 Å². The third kappa shape index (κ3) is 6.08. The maximum atomic E-state index is 14.0. The van der Waals surface area contributed by atoms with Crippen LogP contribution in [0.2, 0.25) is 0 Å². The molecule has 0 aromatic heterocycles. The molecule has 1 heterocycles. The number of carbonyl (C=O) groups is 2. The monoisotopic (exact) mass is 560 g/mol. The highest BCUT2D eigenvalue weighted by atomic mass is 32.2. The molecule has 1 saturated heterocycles. The zero-order chi connectivity index (χ0) is 28.2. The zero-order valence-electron chi connectivity index (χ0n) is 21.5. The predicted octanol–water partition coefficient (Wildman–Crippen LogP) is 5.30. The second-order valence-corrected chi connectivity index (χ2v) is 9.76. The van der Waals surface area contributed by atoms with E-state index in [4.69, 9.17) is 14.2 Å². The number of methoxy groups -OCH3 is 3. The minimum atomic E-state index is -4.49. The van der Waals surface area contributed by atoms with Crippen molar-refractivity contribution in [3.05, 3.63) is 89.0 Å². The minimum absolute atomic E-state index is 0.171. The van der Waals surface area contributed by atoms with E-state index in [1.165, 1.54) is 62.3 Å². The second kappa shape index (κ2) is 11.9. The van der Waals surface area contributed by atoms with Gasteiger partial charge in [0.25, 0.3) is 5.91 Å². The van der Waals surface area contributed by atoms with Crippen molar-refractivity contribution >= 4 is 23.6 Å². The van der Waals surface area contributed by atoms with Gasteiger partial charge in [-0.3, -0.25) is 9.59 Å². The average molecular weight is 561 g/mol. The van der Waals surface area contributed by atoms with Crippen LogP contribution in [0.4, 0.5) is 13.2 Å². The number of hydrogen-bond acceptors (Lipinski definition) is 6. The molecule has 7 nitrogen and oxygen atoms in total. The van der Waals surface area contributed by atoms with Crippen LogP contribution in [0.15, 0.2) is 66.7 Å². The third-order valence-corrected chi connectivity index (χ3v) is 7.61. The number of benzene rings is 3. The van der Waals surface area contributed by atoms with Crippen molar-refractivity contribution in [2.45, 2.75) is 24.1 Å². The third-order valence-electron chi connectivity index (χ3n) is 6.28. The Kier molecular flexibility index (Phi) is 8.59. The molecule has 1 aliphatic heterocycles. The molecular formula is C28H27F3N2O5S. The molecule has 0 aliphatic carbocycles. The lowest BCUT2D eigenvalue weighted by Crippen LogP contribution is -2.47. The zero-order valence-corrected chi connectivity index (χ0v) is 22.3. The van der Waals surface area contributed by atoms with Crippen LogP contribution in [0, 0.1) is 0 Å². The SMILES string of the molecule is COc1cc(C(=O)N2C(C(=O)NCc3ccccc3)CSC2c2ccc(C(F)(F)F)cc2)cc(OC)c1OC. The first-order valence-corrected chi connectivity index (χ1v) is 13.0. The Bertz CT molecular complexity index is 1290. The lowest BCUT2D eigenvalue weighted by atomic mass is 10.1. The van der Waals surface area contributed by atoms with Gasteiger partial charge in [-0.25, -0.2) is 0 Å². The summed E-state index contributed by atoms with van der Waals surface area (Å²) in [6.07, 6.45) is -4.49. The molecule has 4 rings (SSSR count). The van der Waals surface area contributed by atoms with Crippen LogP contribution < -0.4 is 19.5 Å². The topological polar surface area (TPSA) is 77.1 Å². The van der Waals surface area contributed by atoms with Gasteiger partial charge in [-0.05, 0) is 35.4 Å². The van der Waals surface area contributed by atoms with E-state index in [9.17, 15) is 22.8 Å². The molecular weight excluding hydrogens is 533 g/mol. The fourth-order valence-electron chi connectivity index (χ4n) is 4.31. The van der Waals surface area contributed by atoms with Crippen molar-refractivity contribution in [3.63, 3.8) is 0 Å². The van der Waals surface area contributed by atoms with Crippen molar-refractivity contribution < 1.29 is 37.0 Å². The molecule has 2 atom stereocenters. The fourth-order valence-corrected chi connectivity index (χ4v) is 5.74. The summed E-state index contributed by atoms with van der Waals surface area (Å²) in [7, 11) is 4.27. The Morgan fingerprint density at radius 3 is 2.10 bits per heavy atom. The van der Waals surface area contributed by atoms with E-state index in [1.54, 1.807) is 0 Å². The second-order valence-electron chi connectivity index (χ2n) is 8.65. The van der Waals surface area contributed by atoms with Crippen molar-refractivity contribution in [3.8, 4) is 17.2 Å². The number of ether oxygens (including phenoxy) is 3. The number of rotatable bonds is 8. The summed E-state index contributed by atoms with van der Waals surface area (Å²) >= 11 is 1.30. The van der Waals surface area contributed by atoms with E-state index < -0.39 is 29.1 Å². The van der Waals surface area contributed by atoms with E-state index in [0.29, 0.717) is 11.3 Å². The quantitative estimate of drug-likeness (QED) is 0.403. The summed E-state index contributed by atoms with van der Waals surface area (Å²) in [5.74, 6) is 0.170. The molecule has 11 heteroatoms. The summed E-state index contributed by atoms with van der Waals surface area (Å²) in [4.78, 5) is 28.7. The lowest BCUT2D eigenvalue weighted by molar-refractivity contribution is -0.137. The molecule has 1 N–H and O–H groups in total. The van der Waals surface area contributed by atoms with Gasteiger partial charge in [0.1, 0.15) is 11.4 Å². The van der Waals surface area contributed by atoms with Gasteiger partial charge >= 0.3 is 6.18 Å². The molecule has 0 spiro atoms. The standard InChI is InChI=1S/C28H27F3N2O5S/c1-36-22-13-19(14-23(37-2)24(22)38-3)26(35)33-21(25(34)32-15-17-7-5-4-6-8-17)16-39-27(33)18-9-11-20(12-10-18)28(29,30)31/h4-14,21,27H,15-16H2,1-3H3,(H,32,34).